The van der Waals surface area contributed by atoms with Crippen LogP contribution in [0.25, 0.3) is 22.4 Å². The van der Waals surface area contributed by atoms with Crippen LogP contribution in [-0.4, -0.2) is 47.9 Å². The summed E-state index contributed by atoms with van der Waals surface area (Å²) in [6.45, 7) is -0.114. The molecule has 4 rings (SSSR count). The van der Waals surface area contributed by atoms with Crippen LogP contribution in [0.15, 0.2) is 45.6 Å². The Kier molecular flexibility index (Phi) is 5.88. The summed E-state index contributed by atoms with van der Waals surface area (Å²) < 4.78 is 9.18. The second kappa shape index (κ2) is 8.77. The quantitative estimate of drug-likeness (QED) is 0.415. The molecule has 0 saturated heterocycles. The van der Waals surface area contributed by atoms with Gasteiger partial charge in [-0.05, 0) is 12.1 Å². The maximum atomic E-state index is 12.6. The van der Waals surface area contributed by atoms with Gasteiger partial charge in [0.15, 0.2) is 16.3 Å². The highest BCUT2D eigenvalue weighted by atomic mass is 32.1. The number of aromatic nitrogens is 5. The summed E-state index contributed by atoms with van der Waals surface area (Å²) in [4.78, 5) is 45.7. The molecule has 0 atom stereocenters. The lowest BCUT2D eigenvalue weighted by molar-refractivity contribution is -0.116. The Hall–Kier alpha value is -3.77. The molecule has 0 bridgehead atoms. The van der Waals surface area contributed by atoms with Gasteiger partial charge in [0, 0.05) is 25.0 Å². The number of rotatable bonds is 7. The number of aryl methyl sites for hydroxylation is 1. The van der Waals surface area contributed by atoms with Crippen molar-refractivity contribution in [3.63, 3.8) is 0 Å². The van der Waals surface area contributed by atoms with Crippen LogP contribution in [0.2, 0.25) is 0 Å². The molecule has 0 saturated carbocycles. The Balaban J connectivity index is 1.54. The van der Waals surface area contributed by atoms with Crippen molar-refractivity contribution in [2.45, 2.75) is 6.54 Å². The van der Waals surface area contributed by atoms with Gasteiger partial charge in [-0.2, -0.15) is 0 Å². The fourth-order valence-electron chi connectivity index (χ4n) is 3.24. The monoisotopic (exact) mass is 456 g/mol. The van der Waals surface area contributed by atoms with Crippen molar-refractivity contribution in [3.8, 4) is 17.0 Å². The van der Waals surface area contributed by atoms with Gasteiger partial charge in [0.1, 0.15) is 18.9 Å². The molecule has 0 unspecified atom stereocenters. The molecule has 0 aliphatic rings. The number of ether oxygens (including phenoxy) is 1. The second-order valence-corrected chi connectivity index (χ2v) is 7.76. The molecule has 4 aromatic rings. The first-order valence-corrected chi connectivity index (χ1v) is 10.5. The number of fused-ring (bicyclic) bond motifs is 1. The fraction of sp³-hybridized carbons (Fsp3) is 0.250. The van der Waals surface area contributed by atoms with Crippen molar-refractivity contribution in [1.82, 2.24) is 23.7 Å². The molecule has 0 aliphatic carbocycles. The molecule has 0 aliphatic heterocycles. The SMILES string of the molecule is Cn1c(=O)c2c(ncn2CC(=O)Nc2nc(-c3ccccc3OCCO)cs2)n(C)c1=O. The lowest BCUT2D eigenvalue weighted by atomic mass is 10.1. The zero-order valence-corrected chi connectivity index (χ0v) is 18.1. The van der Waals surface area contributed by atoms with Crippen molar-refractivity contribution >= 4 is 33.5 Å². The Morgan fingerprint density at radius 3 is 2.78 bits per heavy atom. The van der Waals surface area contributed by atoms with Crippen LogP contribution in [0.1, 0.15) is 0 Å². The Bertz CT molecular complexity index is 1420. The van der Waals surface area contributed by atoms with E-state index < -0.39 is 17.2 Å². The zero-order chi connectivity index (χ0) is 22.8. The Labute approximate surface area is 185 Å². The number of carbonyl (C=O) groups is 1. The number of para-hydroxylation sites is 1. The number of carbonyl (C=O) groups excluding carboxylic acids is 1. The minimum Gasteiger partial charge on any atom is -0.490 e. The van der Waals surface area contributed by atoms with Crippen molar-refractivity contribution in [3.05, 3.63) is 56.8 Å². The van der Waals surface area contributed by atoms with Gasteiger partial charge in [-0.1, -0.05) is 12.1 Å². The van der Waals surface area contributed by atoms with Crippen LogP contribution in [0, 0.1) is 0 Å². The Morgan fingerprint density at radius 2 is 2.00 bits per heavy atom. The first-order valence-electron chi connectivity index (χ1n) is 9.60. The first-order chi connectivity index (χ1) is 15.4. The maximum Gasteiger partial charge on any atom is 0.332 e. The van der Waals surface area contributed by atoms with E-state index in [0.29, 0.717) is 16.6 Å². The van der Waals surface area contributed by atoms with Gasteiger partial charge < -0.3 is 19.7 Å². The molecular weight excluding hydrogens is 436 g/mol. The second-order valence-electron chi connectivity index (χ2n) is 6.90. The highest BCUT2D eigenvalue weighted by Crippen LogP contribution is 2.32. The molecule has 2 N–H and O–H groups in total. The minimum absolute atomic E-state index is 0.104. The Morgan fingerprint density at radius 1 is 1.22 bits per heavy atom. The van der Waals surface area contributed by atoms with Crippen LogP contribution in [-0.2, 0) is 25.4 Å². The van der Waals surface area contributed by atoms with Gasteiger partial charge in [-0.3, -0.25) is 18.7 Å². The molecule has 0 radical (unpaired) electrons. The smallest absolute Gasteiger partial charge is 0.332 e. The van der Waals surface area contributed by atoms with E-state index in [1.165, 1.54) is 40.9 Å². The molecule has 12 heteroatoms. The maximum absolute atomic E-state index is 12.6. The molecule has 0 fully saturated rings. The molecule has 0 spiro atoms. The minimum atomic E-state index is -0.524. The number of hydrogen-bond donors (Lipinski definition) is 2. The summed E-state index contributed by atoms with van der Waals surface area (Å²) >= 11 is 1.25. The normalized spacial score (nSPS) is 11.1. The van der Waals surface area contributed by atoms with E-state index in [4.69, 9.17) is 9.84 Å². The average Bonchev–Trinajstić information content (AvgIpc) is 3.42. The fourth-order valence-corrected chi connectivity index (χ4v) is 3.97. The van der Waals surface area contributed by atoms with Crippen LogP contribution in [0.4, 0.5) is 5.13 Å². The van der Waals surface area contributed by atoms with Crippen molar-refractivity contribution in [2.75, 3.05) is 18.5 Å². The third-order valence-electron chi connectivity index (χ3n) is 4.79. The lowest BCUT2D eigenvalue weighted by Gasteiger charge is -2.08. The van der Waals surface area contributed by atoms with E-state index in [9.17, 15) is 14.4 Å². The highest BCUT2D eigenvalue weighted by molar-refractivity contribution is 7.14. The summed E-state index contributed by atoms with van der Waals surface area (Å²) in [7, 11) is 2.89. The topological polar surface area (TPSA) is 133 Å². The number of nitrogens with one attached hydrogen (secondary N) is 1. The van der Waals surface area contributed by atoms with E-state index in [-0.39, 0.29) is 30.9 Å². The van der Waals surface area contributed by atoms with E-state index in [1.807, 2.05) is 18.2 Å². The highest BCUT2D eigenvalue weighted by Gasteiger charge is 2.17. The number of anilines is 1. The molecule has 3 aromatic heterocycles. The number of aliphatic hydroxyl groups is 1. The van der Waals surface area contributed by atoms with E-state index in [0.717, 1.165) is 10.1 Å². The summed E-state index contributed by atoms with van der Waals surface area (Å²) in [6.07, 6.45) is 1.35. The van der Waals surface area contributed by atoms with Crippen molar-refractivity contribution in [1.29, 1.82) is 0 Å². The van der Waals surface area contributed by atoms with Gasteiger partial charge in [0.25, 0.3) is 5.56 Å². The van der Waals surface area contributed by atoms with E-state index in [1.54, 1.807) is 11.4 Å². The van der Waals surface area contributed by atoms with Gasteiger partial charge in [0.05, 0.1) is 18.6 Å². The van der Waals surface area contributed by atoms with Crippen molar-refractivity contribution < 1.29 is 14.6 Å². The number of thiazole rings is 1. The molecule has 1 aromatic carbocycles. The predicted molar refractivity (Wildman–Crippen MR) is 119 cm³/mol. The largest absolute Gasteiger partial charge is 0.490 e. The first kappa shape index (κ1) is 21.5. The zero-order valence-electron chi connectivity index (χ0n) is 17.3. The number of benzene rings is 1. The molecular formula is C20H20N6O5S. The summed E-state index contributed by atoms with van der Waals surface area (Å²) in [5.74, 6) is 0.182. The van der Waals surface area contributed by atoms with Gasteiger partial charge >= 0.3 is 5.69 Å². The number of nitrogens with zero attached hydrogens (tertiary/aromatic N) is 5. The molecule has 166 valence electrons. The van der Waals surface area contributed by atoms with Crippen LogP contribution >= 0.6 is 11.3 Å². The third-order valence-corrected chi connectivity index (χ3v) is 5.55. The summed E-state index contributed by atoms with van der Waals surface area (Å²) in [5.41, 5.74) is 0.722. The van der Waals surface area contributed by atoms with E-state index in [2.05, 4.69) is 15.3 Å². The number of amides is 1. The van der Waals surface area contributed by atoms with E-state index >= 15 is 0 Å². The summed E-state index contributed by atoms with van der Waals surface area (Å²) in [5, 5.41) is 13.9. The van der Waals surface area contributed by atoms with Gasteiger partial charge in [-0.25, -0.2) is 14.8 Å². The molecule has 11 nitrogen and oxygen atoms in total. The van der Waals surface area contributed by atoms with Crippen molar-refractivity contribution in [2.24, 2.45) is 14.1 Å². The van der Waals surface area contributed by atoms with Crippen LogP contribution in [0.5, 0.6) is 5.75 Å². The summed E-state index contributed by atoms with van der Waals surface area (Å²) in [6, 6.07) is 7.28. The molecule has 1 amide bonds. The standard InChI is InChI=1S/C20H20N6O5S/c1-24-17-16(18(29)25(2)20(24)30)26(11-21-17)9-15(28)23-19-22-13(10-32-19)12-5-3-4-6-14(12)31-8-7-27/h3-6,10-11,27H,7-9H2,1-2H3,(H,22,23,28). The predicted octanol–water partition coefficient (Wildman–Crippen LogP) is 0.567. The van der Waals surface area contributed by atoms with Crippen LogP contribution in [0.3, 0.4) is 0 Å². The van der Waals surface area contributed by atoms with Gasteiger partial charge in [0.2, 0.25) is 5.91 Å². The number of aliphatic hydroxyl groups excluding tert-OH is 1. The molecule has 3 heterocycles. The average molecular weight is 456 g/mol. The molecule has 32 heavy (non-hydrogen) atoms. The number of hydrogen-bond acceptors (Lipinski definition) is 8. The lowest BCUT2D eigenvalue weighted by Crippen LogP contribution is -2.37. The van der Waals surface area contributed by atoms with Gasteiger partial charge in [-0.15, -0.1) is 11.3 Å². The third kappa shape index (κ3) is 3.92. The number of imidazole rings is 1. The van der Waals surface area contributed by atoms with Crippen LogP contribution < -0.4 is 21.3 Å².